The summed E-state index contributed by atoms with van der Waals surface area (Å²) < 4.78 is 17.6. The van der Waals surface area contributed by atoms with Gasteiger partial charge in [-0.15, -0.1) is 0 Å². The minimum Gasteiger partial charge on any atom is -0.217 e. The lowest BCUT2D eigenvalue weighted by atomic mass is 10.4. The Morgan fingerprint density at radius 3 is 0.424 bits per heavy atom. The summed E-state index contributed by atoms with van der Waals surface area (Å²) in [6.45, 7) is 0. The van der Waals surface area contributed by atoms with Gasteiger partial charge in [-0.1, -0.05) is 273 Å². The van der Waals surface area contributed by atoms with Crippen molar-refractivity contribution in [3.8, 4) is 0 Å². The highest BCUT2D eigenvalue weighted by Gasteiger charge is 2.32. The molecule has 1 aromatic heterocycles. The molecule has 0 unspecified atom stereocenters. The highest BCUT2D eigenvalue weighted by Crippen LogP contribution is 2.53. The first-order valence-electron chi connectivity index (χ1n) is 21.8. The lowest BCUT2D eigenvalue weighted by Gasteiger charge is -2.27. The lowest BCUT2D eigenvalue weighted by Crippen LogP contribution is -2.25. The molecular formula is C57H45N6P3. The number of hydrogen-bond donors (Lipinski definition) is 0. The van der Waals surface area contributed by atoms with Gasteiger partial charge in [0, 0.05) is 47.7 Å². The number of nitrogens with zero attached hydrogens (tertiary/aromatic N) is 6. The lowest BCUT2D eigenvalue weighted by molar-refractivity contribution is 1.03. The van der Waals surface area contributed by atoms with Gasteiger partial charge in [0.15, 0.2) is 0 Å². The van der Waals surface area contributed by atoms with E-state index in [4.69, 9.17) is 29.2 Å². The van der Waals surface area contributed by atoms with E-state index in [1.807, 2.05) is 54.6 Å². The Morgan fingerprint density at radius 1 is 0.182 bits per heavy atom. The molecule has 0 saturated carbocycles. The summed E-state index contributed by atoms with van der Waals surface area (Å²) in [5.41, 5.74) is 0. The number of hydrogen-bond acceptors (Lipinski definition) is 6. The van der Waals surface area contributed by atoms with Crippen LogP contribution >= 0.6 is 21.2 Å². The van der Waals surface area contributed by atoms with Gasteiger partial charge >= 0.3 is 0 Å². The van der Waals surface area contributed by atoms with Crippen LogP contribution < -0.4 is 47.7 Å². The number of aromatic nitrogens is 3. The normalized spacial score (nSPS) is 11.6. The molecule has 1 heterocycles. The van der Waals surface area contributed by atoms with Crippen molar-refractivity contribution in [1.29, 1.82) is 0 Å². The van der Waals surface area contributed by atoms with E-state index < -0.39 is 21.2 Å². The molecule has 0 radical (unpaired) electrons. The average molecular weight is 907 g/mol. The molecule has 10 rings (SSSR count). The van der Waals surface area contributed by atoms with E-state index in [1.54, 1.807) is 0 Å². The molecule has 9 aromatic carbocycles. The molecule has 0 aliphatic heterocycles. The fraction of sp³-hybridized carbons (Fsp3) is 0. The van der Waals surface area contributed by atoms with E-state index in [1.165, 1.54) is 0 Å². The Morgan fingerprint density at radius 2 is 0.303 bits per heavy atom. The molecule has 0 aliphatic rings. The van der Waals surface area contributed by atoms with Gasteiger partial charge in [-0.05, 0) is 0 Å². The number of rotatable bonds is 12. The fourth-order valence-corrected chi connectivity index (χ4v) is 18.8. The summed E-state index contributed by atoms with van der Waals surface area (Å²) in [7, 11) is -8.58. The third kappa shape index (κ3) is 8.28. The molecule has 10 aromatic rings. The first kappa shape index (κ1) is 42.6. The van der Waals surface area contributed by atoms with E-state index in [0.717, 1.165) is 47.7 Å². The molecule has 0 N–H and O–H groups in total. The molecule has 0 fully saturated rings. The summed E-state index contributed by atoms with van der Waals surface area (Å²) in [4.78, 5) is 16.1. The van der Waals surface area contributed by atoms with Crippen LogP contribution in [0.2, 0.25) is 0 Å². The van der Waals surface area contributed by atoms with Gasteiger partial charge in [-0.3, -0.25) is 0 Å². The second-order valence-corrected chi connectivity index (χ2v) is 24.5. The van der Waals surface area contributed by atoms with E-state index in [2.05, 4.69) is 218 Å². The van der Waals surface area contributed by atoms with Crippen LogP contribution in [-0.4, -0.2) is 15.0 Å². The molecule has 66 heavy (non-hydrogen) atoms. The molecule has 0 amide bonds. The Balaban J connectivity index is 1.40. The van der Waals surface area contributed by atoms with Gasteiger partial charge in [0.05, 0.1) is 21.2 Å². The molecule has 0 atom stereocenters. The van der Waals surface area contributed by atoms with Crippen LogP contribution in [0.1, 0.15) is 0 Å². The molecule has 0 aliphatic carbocycles. The predicted octanol–water partition coefficient (Wildman–Crippen LogP) is 11.3. The Kier molecular flexibility index (Phi) is 12.5. The Hall–Kier alpha value is -7.32. The zero-order chi connectivity index (χ0) is 44.5. The first-order valence-corrected chi connectivity index (χ1v) is 27.0. The Labute approximate surface area is 387 Å². The molecule has 0 spiro atoms. The van der Waals surface area contributed by atoms with Crippen LogP contribution in [0.5, 0.6) is 0 Å². The van der Waals surface area contributed by atoms with Crippen LogP contribution in [0.3, 0.4) is 0 Å². The Bertz CT molecular complexity index is 2660. The monoisotopic (exact) mass is 906 g/mol. The van der Waals surface area contributed by atoms with Crippen molar-refractivity contribution in [2.45, 2.75) is 0 Å². The smallest absolute Gasteiger partial charge is 0.217 e. The van der Waals surface area contributed by atoms with Crippen molar-refractivity contribution < 1.29 is 0 Å². The van der Waals surface area contributed by atoms with Crippen LogP contribution in [0.15, 0.2) is 287 Å². The summed E-state index contributed by atoms with van der Waals surface area (Å²) in [5, 5.41) is 9.62. The standard InChI is InChI=1S/C57H45N6P3/c1-10-28-46(29-11-1)64(47-30-12-2-13-31-47,48-32-14-3-15-33-48)61-55-58-56(62-65(49-34-16-4-17-35-49,50-36-18-5-19-37-50)51-38-20-6-21-39-51)60-57(59-55)63-66(52-40-22-7-23-41-52,53-42-24-8-25-43-53)54-44-26-9-27-45-54/h1-45H. The third-order valence-electron chi connectivity index (χ3n) is 11.5. The largest absolute Gasteiger partial charge is 0.255 e. The van der Waals surface area contributed by atoms with Gasteiger partial charge in [-0.2, -0.15) is 15.0 Å². The summed E-state index contributed by atoms with van der Waals surface area (Å²) in [6, 6.07) is 94.9. The van der Waals surface area contributed by atoms with Gasteiger partial charge in [0.25, 0.3) is 17.8 Å². The minimum atomic E-state index is -2.86. The van der Waals surface area contributed by atoms with Crippen LogP contribution in [0.4, 0.5) is 17.8 Å². The quantitative estimate of drug-likeness (QED) is 0.115. The van der Waals surface area contributed by atoms with Crippen molar-refractivity contribution in [3.63, 3.8) is 0 Å². The topological polar surface area (TPSA) is 75.8 Å². The van der Waals surface area contributed by atoms with E-state index >= 15 is 0 Å². The van der Waals surface area contributed by atoms with Crippen LogP contribution in [0, 0.1) is 0 Å². The summed E-state index contributed by atoms with van der Waals surface area (Å²) in [5.74, 6) is 0.769. The van der Waals surface area contributed by atoms with Crippen molar-refractivity contribution >= 4 is 86.7 Å². The highest BCUT2D eigenvalue weighted by atomic mass is 31.2. The van der Waals surface area contributed by atoms with Crippen molar-refractivity contribution in [1.82, 2.24) is 15.0 Å². The average Bonchev–Trinajstić information content (AvgIpc) is 3.41. The maximum atomic E-state index is 5.87. The highest BCUT2D eigenvalue weighted by molar-refractivity contribution is 7.88. The predicted molar refractivity (Wildman–Crippen MR) is 282 cm³/mol. The zero-order valence-corrected chi connectivity index (χ0v) is 38.7. The van der Waals surface area contributed by atoms with Crippen molar-refractivity contribution in [2.24, 2.45) is 14.2 Å². The van der Waals surface area contributed by atoms with Crippen LogP contribution in [-0.2, 0) is 0 Å². The maximum absolute atomic E-state index is 5.87. The summed E-state index contributed by atoms with van der Waals surface area (Å²) in [6.07, 6.45) is 0. The van der Waals surface area contributed by atoms with Gasteiger partial charge in [0.1, 0.15) is 0 Å². The van der Waals surface area contributed by atoms with Crippen LogP contribution in [0.25, 0.3) is 0 Å². The van der Waals surface area contributed by atoms with E-state index in [0.29, 0.717) is 0 Å². The van der Waals surface area contributed by atoms with Gasteiger partial charge < -0.3 is 0 Å². The van der Waals surface area contributed by atoms with Crippen molar-refractivity contribution in [2.75, 3.05) is 0 Å². The molecule has 318 valence electrons. The van der Waals surface area contributed by atoms with Crippen molar-refractivity contribution in [3.05, 3.63) is 273 Å². The third-order valence-corrected chi connectivity index (χ3v) is 22.3. The first-order chi connectivity index (χ1) is 32.7. The second kappa shape index (κ2) is 19.4. The second-order valence-electron chi connectivity index (χ2n) is 15.5. The van der Waals surface area contributed by atoms with E-state index in [-0.39, 0.29) is 17.8 Å². The molecule has 0 saturated heterocycles. The van der Waals surface area contributed by atoms with Gasteiger partial charge in [-0.25, -0.2) is 14.2 Å². The summed E-state index contributed by atoms with van der Waals surface area (Å²) >= 11 is 0. The molecule has 9 heteroatoms. The number of benzene rings is 9. The fourth-order valence-electron chi connectivity index (χ4n) is 8.53. The van der Waals surface area contributed by atoms with Gasteiger partial charge in [0.2, 0.25) is 0 Å². The molecule has 6 nitrogen and oxygen atoms in total. The maximum Gasteiger partial charge on any atom is 0.255 e. The minimum absolute atomic E-state index is 0.256. The molecule has 0 bridgehead atoms. The SMILES string of the molecule is c1ccc(P(=Nc2nc(N=P(c3ccccc3)(c3ccccc3)c3ccccc3)nc(N=P(c3ccccc3)(c3ccccc3)c3ccccc3)n2)(c2ccccc2)c2ccccc2)cc1. The van der Waals surface area contributed by atoms with E-state index in [9.17, 15) is 0 Å². The zero-order valence-electron chi connectivity index (χ0n) is 36.0. The molecular weight excluding hydrogens is 862 g/mol.